The Balaban J connectivity index is 1.43. The Labute approximate surface area is 186 Å². The highest BCUT2D eigenvalue weighted by Gasteiger charge is 2.41. The van der Waals surface area contributed by atoms with Crippen LogP contribution in [0.25, 0.3) is 0 Å². The first-order valence-corrected chi connectivity index (χ1v) is 11.8. The number of rotatable bonds is 6. The molecule has 31 heavy (non-hydrogen) atoms. The van der Waals surface area contributed by atoms with E-state index >= 15 is 0 Å². The van der Waals surface area contributed by atoms with E-state index in [0.29, 0.717) is 39.0 Å². The number of aliphatic hydroxyl groups is 1. The third-order valence-electron chi connectivity index (χ3n) is 6.21. The van der Waals surface area contributed by atoms with E-state index in [1.165, 1.54) is 11.3 Å². The zero-order chi connectivity index (χ0) is 21.6. The molecule has 0 radical (unpaired) electrons. The van der Waals surface area contributed by atoms with Crippen molar-refractivity contribution in [2.75, 3.05) is 19.8 Å². The molecule has 2 aliphatic heterocycles. The molecule has 4 atom stereocenters. The summed E-state index contributed by atoms with van der Waals surface area (Å²) < 4.78 is 5.54. The summed E-state index contributed by atoms with van der Waals surface area (Å²) in [7, 11) is 0. The van der Waals surface area contributed by atoms with Gasteiger partial charge in [0.25, 0.3) is 0 Å². The number of carbonyl (C=O) groups is 2. The number of amides is 2. The molecule has 2 fully saturated rings. The van der Waals surface area contributed by atoms with Crippen LogP contribution in [0.4, 0.5) is 0 Å². The number of likely N-dealkylation sites (tertiary alicyclic amines) is 1. The van der Waals surface area contributed by atoms with Crippen LogP contribution in [0.3, 0.4) is 0 Å². The molecule has 3 heterocycles. The summed E-state index contributed by atoms with van der Waals surface area (Å²) in [5.74, 6) is -1.24. The molecule has 2 amide bonds. The molecule has 2 saturated heterocycles. The number of carbonyl (C=O) groups excluding carboxylic acids is 2. The Kier molecular flexibility index (Phi) is 7.32. The van der Waals surface area contributed by atoms with Crippen molar-refractivity contribution in [1.82, 2.24) is 15.2 Å². The molecule has 4 unspecified atom stereocenters. The molecule has 4 rings (SSSR count). The standard InChI is InChI=1S/C23H29N3O4S/c27-21-8-10-30-13-19(21)20-7-4-9-26(20)23(29)22(28)25-17(12-18-14-31-15-24-18)11-16-5-2-1-3-6-16/h1-3,5-6,14-15,17,19-21,27H,4,7-13H2,(H,25,28). The second-order valence-corrected chi connectivity index (χ2v) is 9.07. The number of thiazole rings is 1. The van der Waals surface area contributed by atoms with Gasteiger partial charge in [0.15, 0.2) is 0 Å². The molecule has 1 aromatic heterocycles. The summed E-state index contributed by atoms with van der Waals surface area (Å²) >= 11 is 1.52. The maximum absolute atomic E-state index is 13.1. The van der Waals surface area contributed by atoms with Gasteiger partial charge in [-0.05, 0) is 31.2 Å². The number of aromatic nitrogens is 1. The average Bonchev–Trinajstić information content (AvgIpc) is 3.46. The van der Waals surface area contributed by atoms with Crippen molar-refractivity contribution < 1.29 is 19.4 Å². The Morgan fingerprint density at radius 2 is 2.10 bits per heavy atom. The van der Waals surface area contributed by atoms with Gasteiger partial charge in [0, 0.05) is 43.0 Å². The van der Waals surface area contributed by atoms with Crippen molar-refractivity contribution >= 4 is 23.2 Å². The van der Waals surface area contributed by atoms with Crippen LogP contribution in [0.5, 0.6) is 0 Å². The van der Waals surface area contributed by atoms with Crippen molar-refractivity contribution in [2.45, 2.75) is 50.3 Å². The summed E-state index contributed by atoms with van der Waals surface area (Å²) in [5.41, 5.74) is 3.77. The molecule has 0 aliphatic carbocycles. The van der Waals surface area contributed by atoms with Gasteiger partial charge in [-0.25, -0.2) is 4.98 Å². The highest BCUT2D eigenvalue weighted by Crippen LogP contribution is 2.30. The first kappa shape index (κ1) is 21.9. The molecule has 0 bridgehead atoms. The van der Waals surface area contributed by atoms with E-state index in [4.69, 9.17) is 4.74 Å². The Morgan fingerprint density at radius 1 is 1.26 bits per heavy atom. The molecule has 2 aliphatic rings. The second kappa shape index (κ2) is 10.3. The van der Waals surface area contributed by atoms with E-state index in [1.807, 2.05) is 35.7 Å². The number of ether oxygens (including phenoxy) is 1. The molecule has 1 aromatic carbocycles. The van der Waals surface area contributed by atoms with Crippen molar-refractivity contribution in [2.24, 2.45) is 5.92 Å². The van der Waals surface area contributed by atoms with Crippen molar-refractivity contribution in [3.05, 3.63) is 52.5 Å². The van der Waals surface area contributed by atoms with Gasteiger partial charge in [-0.2, -0.15) is 0 Å². The van der Waals surface area contributed by atoms with Gasteiger partial charge in [-0.15, -0.1) is 11.3 Å². The number of benzene rings is 1. The summed E-state index contributed by atoms with van der Waals surface area (Å²) in [6, 6.07) is 9.54. The van der Waals surface area contributed by atoms with Crippen LogP contribution < -0.4 is 5.32 Å². The fourth-order valence-corrected chi connectivity index (χ4v) is 5.22. The van der Waals surface area contributed by atoms with Gasteiger partial charge in [0.05, 0.1) is 23.9 Å². The predicted octanol–water partition coefficient (Wildman–Crippen LogP) is 1.80. The number of hydrogen-bond donors (Lipinski definition) is 2. The lowest BCUT2D eigenvalue weighted by Crippen LogP contribution is -2.53. The number of nitrogens with zero attached hydrogens (tertiary/aromatic N) is 2. The molecule has 0 saturated carbocycles. The van der Waals surface area contributed by atoms with Crippen LogP contribution in [0, 0.1) is 5.92 Å². The highest BCUT2D eigenvalue weighted by molar-refractivity contribution is 7.07. The molecule has 7 nitrogen and oxygen atoms in total. The minimum absolute atomic E-state index is 0.136. The smallest absolute Gasteiger partial charge is 0.312 e. The van der Waals surface area contributed by atoms with Crippen LogP contribution in [-0.4, -0.2) is 64.8 Å². The SMILES string of the molecule is O=C(NC(Cc1ccccc1)Cc1cscn1)C(=O)N1CCCC1C1COCCC1O. The second-order valence-electron chi connectivity index (χ2n) is 8.35. The first-order chi connectivity index (χ1) is 15.1. The maximum Gasteiger partial charge on any atom is 0.312 e. The lowest BCUT2D eigenvalue weighted by Gasteiger charge is -2.36. The largest absolute Gasteiger partial charge is 0.393 e. The predicted molar refractivity (Wildman–Crippen MR) is 118 cm³/mol. The van der Waals surface area contributed by atoms with E-state index in [-0.39, 0.29) is 18.0 Å². The molecular weight excluding hydrogens is 414 g/mol. The van der Waals surface area contributed by atoms with Crippen LogP contribution in [0.2, 0.25) is 0 Å². The Morgan fingerprint density at radius 3 is 2.84 bits per heavy atom. The van der Waals surface area contributed by atoms with E-state index in [2.05, 4.69) is 10.3 Å². The molecule has 2 N–H and O–H groups in total. The fourth-order valence-electron chi connectivity index (χ4n) is 4.65. The van der Waals surface area contributed by atoms with Crippen molar-refractivity contribution in [3.63, 3.8) is 0 Å². The van der Waals surface area contributed by atoms with Gasteiger partial charge < -0.3 is 20.1 Å². The zero-order valence-electron chi connectivity index (χ0n) is 17.5. The summed E-state index contributed by atoms with van der Waals surface area (Å²) in [5, 5.41) is 15.3. The van der Waals surface area contributed by atoms with Crippen molar-refractivity contribution in [3.8, 4) is 0 Å². The van der Waals surface area contributed by atoms with Gasteiger partial charge in [-0.1, -0.05) is 30.3 Å². The highest BCUT2D eigenvalue weighted by atomic mass is 32.1. The average molecular weight is 444 g/mol. The van der Waals surface area contributed by atoms with Crippen LogP contribution in [-0.2, 0) is 27.2 Å². The van der Waals surface area contributed by atoms with Gasteiger partial charge >= 0.3 is 11.8 Å². The van der Waals surface area contributed by atoms with E-state index < -0.39 is 17.9 Å². The normalized spacial score (nSPS) is 24.7. The molecular formula is C23H29N3O4S. The fraction of sp³-hybridized carbons (Fsp3) is 0.522. The van der Waals surface area contributed by atoms with Crippen LogP contribution in [0.15, 0.2) is 41.2 Å². The lowest BCUT2D eigenvalue weighted by molar-refractivity contribution is -0.149. The van der Waals surface area contributed by atoms with E-state index in [0.717, 1.165) is 24.1 Å². The van der Waals surface area contributed by atoms with Crippen molar-refractivity contribution in [1.29, 1.82) is 0 Å². The molecule has 166 valence electrons. The molecule has 2 aromatic rings. The summed E-state index contributed by atoms with van der Waals surface area (Å²) in [6.45, 7) is 1.50. The van der Waals surface area contributed by atoms with Gasteiger partial charge in [0.1, 0.15) is 0 Å². The third-order valence-corrected chi connectivity index (χ3v) is 6.85. The topological polar surface area (TPSA) is 91.8 Å². The van der Waals surface area contributed by atoms with E-state index in [9.17, 15) is 14.7 Å². The quantitative estimate of drug-likeness (QED) is 0.665. The molecule has 0 spiro atoms. The molecule has 8 heteroatoms. The number of aliphatic hydroxyl groups excluding tert-OH is 1. The lowest BCUT2D eigenvalue weighted by atomic mass is 9.89. The minimum Gasteiger partial charge on any atom is -0.393 e. The maximum atomic E-state index is 13.1. The Bertz CT molecular complexity index is 861. The minimum atomic E-state index is -0.589. The number of hydrogen-bond acceptors (Lipinski definition) is 6. The van der Waals surface area contributed by atoms with Gasteiger partial charge in [-0.3, -0.25) is 9.59 Å². The van der Waals surface area contributed by atoms with Gasteiger partial charge in [0.2, 0.25) is 0 Å². The van der Waals surface area contributed by atoms with Crippen LogP contribution in [0.1, 0.15) is 30.5 Å². The Hall–Kier alpha value is -2.29. The first-order valence-electron chi connectivity index (χ1n) is 10.9. The monoisotopic (exact) mass is 443 g/mol. The van der Waals surface area contributed by atoms with Crippen LogP contribution >= 0.6 is 11.3 Å². The number of nitrogens with one attached hydrogen (secondary N) is 1. The zero-order valence-corrected chi connectivity index (χ0v) is 18.3. The summed E-state index contributed by atoms with van der Waals surface area (Å²) in [6.07, 6.45) is 2.88. The third kappa shape index (κ3) is 5.50. The van der Waals surface area contributed by atoms with E-state index in [1.54, 1.807) is 10.4 Å². The summed E-state index contributed by atoms with van der Waals surface area (Å²) in [4.78, 5) is 32.0.